The van der Waals surface area contributed by atoms with Gasteiger partial charge in [0.1, 0.15) is 4.90 Å². The normalized spacial score (nSPS) is 12.0. The Balaban J connectivity index is 2.57. The van der Waals surface area contributed by atoms with Crippen LogP contribution in [-0.2, 0) is 16.3 Å². The van der Waals surface area contributed by atoms with Crippen LogP contribution in [0.4, 0.5) is 18.9 Å². The zero-order chi connectivity index (χ0) is 19.0. The number of halogens is 3. The average Bonchev–Trinajstić information content (AvgIpc) is 2.52. The van der Waals surface area contributed by atoms with Gasteiger partial charge in [-0.05, 0) is 30.3 Å². The number of non-ortho nitro benzene ring substituents is 1. The maximum absolute atomic E-state index is 12.7. The molecule has 0 amide bonds. The quantitative estimate of drug-likeness (QED) is 0.380. The van der Waals surface area contributed by atoms with Crippen LogP contribution in [0.2, 0.25) is 0 Å². The number of nitrogens with zero attached hydrogens (tertiary/aromatic N) is 1. The summed E-state index contributed by atoms with van der Waals surface area (Å²) in [5.41, 5.74) is -2.58. The van der Waals surface area contributed by atoms with E-state index < -0.39 is 43.0 Å². The molecule has 0 unspecified atom stereocenters. The molecule has 2 aromatic rings. The van der Waals surface area contributed by atoms with E-state index in [1.54, 1.807) is 0 Å². The number of rotatable bonds is 4. The molecule has 0 radical (unpaired) electrons. The van der Waals surface area contributed by atoms with Gasteiger partial charge in [-0.3, -0.25) is 19.5 Å². The Bertz CT molecular complexity index is 952. The summed E-state index contributed by atoms with van der Waals surface area (Å²) in [7, 11) is -5.12. The second-order valence-corrected chi connectivity index (χ2v) is 6.21. The first-order chi connectivity index (χ1) is 11.4. The van der Waals surface area contributed by atoms with Crippen molar-refractivity contribution in [2.75, 3.05) is 0 Å². The Hall–Kier alpha value is -2.79. The van der Waals surface area contributed by atoms with Gasteiger partial charge in [-0.15, -0.1) is 0 Å². The lowest BCUT2D eigenvalue weighted by atomic mass is 10.0. The molecule has 2 aromatic carbocycles. The lowest BCUT2D eigenvalue weighted by molar-refractivity contribution is -0.384. The lowest BCUT2D eigenvalue weighted by Gasteiger charge is -2.11. The molecule has 0 aromatic heterocycles. The molecule has 0 saturated heterocycles. The third-order valence-electron chi connectivity index (χ3n) is 3.17. The highest BCUT2D eigenvalue weighted by Gasteiger charge is 2.33. The van der Waals surface area contributed by atoms with E-state index >= 15 is 0 Å². The minimum atomic E-state index is -5.12. The van der Waals surface area contributed by atoms with E-state index in [0.717, 1.165) is 24.3 Å². The van der Waals surface area contributed by atoms with Gasteiger partial charge in [0.15, 0.2) is 5.78 Å². The summed E-state index contributed by atoms with van der Waals surface area (Å²) in [4.78, 5) is 21.0. The first kappa shape index (κ1) is 18.5. The molecule has 0 aliphatic carbocycles. The molecule has 2 rings (SSSR count). The first-order valence-corrected chi connectivity index (χ1v) is 7.83. The van der Waals surface area contributed by atoms with Crippen LogP contribution in [-0.4, -0.2) is 23.7 Å². The number of ketones is 1. The predicted octanol–water partition coefficient (Wildman–Crippen LogP) is 3.09. The molecule has 0 heterocycles. The highest BCUT2D eigenvalue weighted by atomic mass is 32.2. The summed E-state index contributed by atoms with van der Waals surface area (Å²) in [6, 6.07) is 5.25. The zero-order valence-corrected chi connectivity index (χ0v) is 12.8. The Morgan fingerprint density at radius 2 is 1.64 bits per heavy atom. The second-order valence-electron chi connectivity index (χ2n) is 4.82. The standard InChI is InChI=1S/C14H8F3NO6S/c15-14(16,17)9-3-6-11(12(7-9)25(22,23)24)13(19)8-1-4-10(5-2-8)18(20)21/h1-7H,(H,22,23,24). The van der Waals surface area contributed by atoms with E-state index in [2.05, 4.69) is 0 Å². The minimum absolute atomic E-state index is 0.147. The molecule has 0 bridgehead atoms. The fraction of sp³-hybridized carbons (Fsp3) is 0.0714. The Morgan fingerprint density at radius 3 is 2.08 bits per heavy atom. The summed E-state index contributed by atoms with van der Waals surface area (Å²) < 4.78 is 70.0. The molecule has 11 heteroatoms. The average molecular weight is 375 g/mol. The van der Waals surface area contributed by atoms with Crippen LogP contribution in [0.5, 0.6) is 0 Å². The van der Waals surface area contributed by atoms with Gasteiger partial charge in [-0.25, -0.2) is 0 Å². The topological polar surface area (TPSA) is 115 Å². The van der Waals surface area contributed by atoms with Gasteiger partial charge in [0.25, 0.3) is 15.8 Å². The maximum atomic E-state index is 12.7. The second kappa shape index (κ2) is 6.26. The molecule has 1 N–H and O–H groups in total. The Labute approximate surface area is 138 Å². The summed E-state index contributed by atoms with van der Waals surface area (Å²) in [6.07, 6.45) is -4.88. The molecule has 0 spiro atoms. The molecular formula is C14H8F3NO6S. The highest BCUT2D eigenvalue weighted by molar-refractivity contribution is 7.86. The molecule has 0 fully saturated rings. The van der Waals surface area contributed by atoms with E-state index in [-0.39, 0.29) is 17.3 Å². The van der Waals surface area contributed by atoms with Crippen LogP contribution in [0.15, 0.2) is 47.4 Å². The smallest absolute Gasteiger partial charge is 0.289 e. The zero-order valence-electron chi connectivity index (χ0n) is 12.0. The predicted molar refractivity (Wildman–Crippen MR) is 77.8 cm³/mol. The van der Waals surface area contributed by atoms with Crippen LogP contribution in [0.3, 0.4) is 0 Å². The van der Waals surface area contributed by atoms with E-state index in [0.29, 0.717) is 12.1 Å². The number of nitro benzene ring substituents is 1. The molecule has 0 aliphatic rings. The van der Waals surface area contributed by atoms with Gasteiger partial charge < -0.3 is 0 Å². The van der Waals surface area contributed by atoms with Crippen molar-refractivity contribution in [1.29, 1.82) is 0 Å². The van der Waals surface area contributed by atoms with Gasteiger partial charge in [-0.1, -0.05) is 0 Å². The third-order valence-corrected chi connectivity index (χ3v) is 4.07. The summed E-state index contributed by atoms with van der Waals surface area (Å²) >= 11 is 0. The van der Waals surface area contributed by atoms with Crippen molar-refractivity contribution < 1.29 is 35.9 Å². The van der Waals surface area contributed by atoms with Gasteiger partial charge in [0.2, 0.25) is 0 Å². The number of alkyl halides is 3. The van der Waals surface area contributed by atoms with Gasteiger partial charge >= 0.3 is 6.18 Å². The van der Waals surface area contributed by atoms with Gasteiger partial charge in [0.05, 0.1) is 10.5 Å². The number of hydrogen-bond donors (Lipinski definition) is 1. The molecule has 0 aliphatic heterocycles. The number of benzene rings is 2. The molecular weight excluding hydrogens is 367 g/mol. The van der Waals surface area contributed by atoms with Gasteiger partial charge in [-0.2, -0.15) is 21.6 Å². The van der Waals surface area contributed by atoms with Crippen LogP contribution < -0.4 is 0 Å². The van der Waals surface area contributed by atoms with Crippen molar-refractivity contribution in [2.45, 2.75) is 11.1 Å². The van der Waals surface area contributed by atoms with E-state index in [1.165, 1.54) is 0 Å². The Kier molecular flexibility index (Phi) is 4.64. The molecule has 7 nitrogen and oxygen atoms in total. The first-order valence-electron chi connectivity index (χ1n) is 6.39. The number of carbonyl (C=O) groups is 1. The van der Waals surface area contributed by atoms with Crippen LogP contribution in [0, 0.1) is 10.1 Å². The lowest BCUT2D eigenvalue weighted by Crippen LogP contribution is -2.13. The minimum Gasteiger partial charge on any atom is -0.289 e. The van der Waals surface area contributed by atoms with E-state index in [9.17, 15) is 36.5 Å². The van der Waals surface area contributed by atoms with Crippen molar-refractivity contribution in [3.8, 4) is 0 Å². The largest absolute Gasteiger partial charge is 0.416 e. The number of nitro groups is 1. The SMILES string of the molecule is O=C(c1ccc([N+](=O)[O-])cc1)c1ccc(C(F)(F)F)cc1S(=O)(=O)O. The van der Waals surface area contributed by atoms with E-state index in [4.69, 9.17) is 4.55 Å². The summed E-state index contributed by atoms with van der Waals surface area (Å²) in [5.74, 6) is -1.02. The van der Waals surface area contributed by atoms with Crippen LogP contribution in [0.1, 0.15) is 21.5 Å². The van der Waals surface area contributed by atoms with Crippen LogP contribution >= 0.6 is 0 Å². The fourth-order valence-electron chi connectivity index (χ4n) is 1.99. The number of carbonyl (C=O) groups excluding carboxylic acids is 1. The van der Waals surface area contributed by atoms with Crippen molar-refractivity contribution in [2.24, 2.45) is 0 Å². The molecule has 132 valence electrons. The maximum Gasteiger partial charge on any atom is 0.416 e. The fourth-order valence-corrected chi connectivity index (χ4v) is 2.70. The van der Waals surface area contributed by atoms with E-state index in [1.807, 2.05) is 0 Å². The molecule has 0 saturated carbocycles. The number of hydrogen-bond acceptors (Lipinski definition) is 5. The summed E-state index contributed by atoms with van der Waals surface area (Å²) in [6.45, 7) is 0. The monoisotopic (exact) mass is 375 g/mol. The van der Waals surface area contributed by atoms with Crippen molar-refractivity contribution in [3.63, 3.8) is 0 Å². The molecule has 25 heavy (non-hydrogen) atoms. The summed E-state index contributed by atoms with van der Waals surface area (Å²) in [5, 5.41) is 10.6. The van der Waals surface area contributed by atoms with Crippen molar-refractivity contribution in [3.05, 3.63) is 69.3 Å². The van der Waals surface area contributed by atoms with Gasteiger partial charge in [0, 0.05) is 23.3 Å². The Morgan fingerprint density at radius 1 is 1.08 bits per heavy atom. The highest BCUT2D eigenvalue weighted by Crippen LogP contribution is 2.32. The van der Waals surface area contributed by atoms with Crippen molar-refractivity contribution in [1.82, 2.24) is 0 Å². The van der Waals surface area contributed by atoms with Crippen molar-refractivity contribution >= 4 is 21.6 Å². The third kappa shape index (κ3) is 4.00. The van der Waals surface area contributed by atoms with Crippen LogP contribution in [0.25, 0.3) is 0 Å². The molecule has 0 atom stereocenters.